The highest BCUT2D eigenvalue weighted by Gasteiger charge is 2.16. The summed E-state index contributed by atoms with van der Waals surface area (Å²) in [5.74, 6) is -0.360. The van der Waals surface area contributed by atoms with Gasteiger partial charge < -0.3 is 9.52 Å². The number of hydrogen-bond donors (Lipinski definition) is 1. The van der Waals surface area contributed by atoms with Gasteiger partial charge in [0.15, 0.2) is 0 Å². The number of hydrogen-bond acceptors (Lipinski definition) is 5. The number of nitrogens with zero attached hydrogens (tertiary/aromatic N) is 2. The monoisotopic (exact) mass is 202 g/mol. The molecule has 1 rings (SSSR count). The third kappa shape index (κ3) is 2.73. The number of aryl methyl sites for hydroxylation is 1. The Morgan fingerprint density at radius 2 is 2.38 bits per heavy atom. The summed E-state index contributed by atoms with van der Waals surface area (Å²) < 4.78 is 5.13. The first-order valence-corrected chi connectivity index (χ1v) is 4.73. The van der Waals surface area contributed by atoms with E-state index in [4.69, 9.17) is 9.52 Å². The van der Waals surface area contributed by atoms with Crippen LogP contribution in [0.5, 0.6) is 0 Å². The van der Waals surface area contributed by atoms with E-state index in [9.17, 15) is 4.79 Å². The second-order valence-electron chi connectivity index (χ2n) is 2.41. The zero-order valence-corrected chi connectivity index (χ0v) is 8.17. The maximum Gasteiger partial charge on any atom is 0.316 e. The Morgan fingerprint density at radius 3 is 2.85 bits per heavy atom. The summed E-state index contributed by atoms with van der Waals surface area (Å²) in [6.07, 6.45) is 0.662. The highest BCUT2D eigenvalue weighted by molar-refractivity contribution is 8.00. The first-order chi connectivity index (χ1) is 6.13. The molecule has 0 spiro atoms. The normalized spacial score (nSPS) is 12.8. The zero-order chi connectivity index (χ0) is 9.84. The molecule has 0 amide bonds. The van der Waals surface area contributed by atoms with Crippen LogP contribution in [0.15, 0.2) is 9.64 Å². The topological polar surface area (TPSA) is 76.2 Å². The second kappa shape index (κ2) is 4.27. The van der Waals surface area contributed by atoms with Gasteiger partial charge in [0, 0.05) is 6.42 Å². The van der Waals surface area contributed by atoms with Crippen LogP contribution in [0.3, 0.4) is 0 Å². The van der Waals surface area contributed by atoms with Gasteiger partial charge in [0.05, 0.1) is 0 Å². The van der Waals surface area contributed by atoms with Crippen molar-refractivity contribution in [3.05, 3.63) is 5.89 Å². The molecule has 5 nitrogen and oxygen atoms in total. The number of carbonyl (C=O) groups is 1. The van der Waals surface area contributed by atoms with Gasteiger partial charge in [-0.05, 0) is 6.92 Å². The van der Waals surface area contributed by atoms with Crippen LogP contribution < -0.4 is 0 Å². The SMILES string of the molecule is CCc1nnc(S[C@@H](C)C(=O)O)o1. The van der Waals surface area contributed by atoms with Crippen LogP contribution in [0.4, 0.5) is 0 Å². The van der Waals surface area contributed by atoms with Crippen molar-refractivity contribution in [1.29, 1.82) is 0 Å². The Balaban J connectivity index is 2.58. The van der Waals surface area contributed by atoms with E-state index in [1.54, 1.807) is 6.92 Å². The number of carboxylic acid groups (broad SMARTS) is 1. The van der Waals surface area contributed by atoms with Crippen molar-refractivity contribution in [1.82, 2.24) is 10.2 Å². The summed E-state index contributed by atoms with van der Waals surface area (Å²) in [6, 6.07) is 0. The maximum absolute atomic E-state index is 10.5. The van der Waals surface area contributed by atoms with Crippen molar-refractivity contribution in [2.75, 3.05) is 0 Å². The lowest BCUT2D eigenvalue weighted by Gasteiger charge is -1.99. The Labute approximate surface area is 79.5 Å². The zero-order valence-electron chi connectivity index (χ0n) is 7.35. The van der Waals surface area contributed by atoms with E-state index < -0.39 is 11.2 Å². The summed E-state index contributed by atoms with van der Waals surface area (Å²) >= 11 is 1.05. The number of aliphatic carboxylic acids is 1. The molecule has 0 radical (unpaired) electrons. The molecule has 0 aliphatic heterocycles. The van der Waals surface area contributed by atoms with Crippen LogP contribution in [0.2, 0.25) is 0 Å². The van der Waals surface area contributed by atoms with Gasteiger partial charge in [-0.25, -0.2) is 0 Å². The molecule has 6 heteroatoms. The van der Waals surface area contributed by atoms with Gasteiger partial charge in [-0.15, -0.1) is 10.2 Å². The maximum atomic E-state index is 10.5. The van der Waals surface area contributed by atoms with Gasteiger partial charge in [0.2, 0.25) is 5.89 Å². The van der Waals surface area contributed by atoms with Crippen LogP contribution in [0.1, 0.15) is 19.7 Å². The summed E-state index contributed by atoms with van der Waals surface area (Å²) in [7, 11) is 0. The first-order valence-electron chi connectivity index (χ1n) is 3.85. The second-order valence-corrected chi connectivity index (χ2v) is 3.71. The summed E-state index contributed by atoms with van der Waals surface area (Å²) in [6.45, 7) is 3.46. The average molecular weight is 202 g/mol. The van der Waals surface area contributed by atoms with Crippen molar-refractivity contribution < 1.29 is 14.3 Å². The molecule has 1 N–H and O–H groups in total. The third-order valence-electron chi connectivity index (χ3n) is 1.38. The van der Waals surface area contributed by atoms with Crippen LogP contribution in [-0.2, 0) is 11.2 Å². The number of rotatable bonds is 4. The predicted molar refractivity (Wildman–Crippen MR) is 46.6 cm³/mol. The fraction of sp³-hybridized carbons (Fsp3) is 0.571. The van der Waals surface area contributed by atoms with E-state index in [0.29, 0.717) is 17.5 Å². The van der Waals surface area contributed by atoms with Gasteiger partial charge in [-0.3, -0.25) is 4.79 Å². The van der Waals surface area contributed by atoms with Crippen LogP contribution >= 0.6 is 11.8 Å². The Hall–Kier alpha value is -1.04. The molecule has 0 saturated carbocycles. The van der Waals surface area contributed by atoms with E-state index >= 15 is 0 Å². The fourth-order valence-corrected chi connectivity index (χ4v) is 1.27. The molecular weight excluding hydrogens is 192 g/mol. The molecular formula is C7H10N2O3S. The van der Waals surface area contributed by atoms with Gasteiger partial charge in [-0.2, -0.15) is 0 Å². The van der Waals surface area contributed by atoms with E-state index in [-0.39, 0.29) is 0 Å². The van der Waals surface area contributed by atoms with E-state index in [2.05, 4.69) is 10.2 Å². The molecule has 0 aromatic carbocycles. The van der Waals surface area contributed by atoms with Crippen molar-refractivity contribution >= 4 is 17.7 Å². The standard InChI is InChI=1S/C7H10N2O3S/c1-3-5-8-9-7(12-5)13-4(2)6(10)11/h4H,3H2,1-2H3,(H,10,11)/t4-/m0/s1. The minimum atomic E-state index is -0.888. The molecule has 1 atom stereocenters. The average Bonchev–Trinajstić information content (AvgIpc) is 2.52. The summed E-state index contributed by atoms with van der Waals surface area (Å²) in [5.41, 5.74) is 0. The molecule has 13 heavy (non-hydrogen) atoms. The Bertz CT molecular complexity index is 300. The summed E-state index contributed by atoms with van der Waals surface area (Å²) in [5, 5.41) is 15.8. The van der Waals surface area contributed by atoms with Crippen LogP contribution in [0, 0.1) is 0 Å². The molecule has 0 saturated heterocycles. The Kier molecular flexibility index (Phi) is 3.30. The molecule has 0 bridgehead atoms. The minimum Gasteiger partial charge on any atom is -0.480 e. The lowest BCUT2D eigenvalue weighted by Crippen LogP contribution is -2.10. The highest BCUT2D eigenvalue weighted by atomic mass is 32.2. The summed E-state index contributed by atoms with van der Waals surface area (Å²) in [4.78, 5) is 10.5. The van der Waals surface area contributed by atoms with Crippen molar-refractivity contribution in [3.63, 3.8) is 0 Å². The first kappa shape index (κ1) is 10.0. The van der Waals surface area contributed by atoms with Crippen LogP contribution in [-0.4, -0.2) is 26.5 Å². The minimum absolute atomic E-state index is 0.312. The quantitative estimate of drug-likeness (QED) is 0.739. The lowest BCUT2D eigenvalue weighted by atomic mass is 10.5. The van der Waals surface area contributed by atoms with E-state index in [0.717, 1.165) is 11.8 Å². The van der Waals surface area contributed by atoms with Gasteiger partial charge >= 0.3 is 5.97 Å². The molecule has 0 fully saturated rings. The third-order valence-corrected chi connectivity index (χ3v) is 2.30. The largest absolute Gasteiger partial charge is 0.480 e. The predicted octanol–water partition coefficient (Wildman–Crippen LogP) is 1.20. The number of carboxylic acids is 1. The number of thioether (sulfide) groups is 1. The smallest absolute Gasteiger partial charge is 0.316 e. The molecule has 1 aromatic rings. The lowest BCUT2D eigenvalue weighted by molar-refractivity contribution is -0.136. The molecule has 1 aromatic heterocycles. The van der Waals surface area contributed by atoms with E-state index in [1.807, 2.05) is 6.92 Å². The fourth-order valence-electron chi connectivity index (χ4n) is 0.630. The van der Waals surface area contributed by atoms with Gasteiger partial charge in [0.25, 0.3) is 5.22 Å². The van der Waals surface area contributed by atoms with Gasteiger partial charge in [0.1, 0.15) is 5.25 Å². The number of aromatic nitrogens is 2. The van der Waals surface area contributed by atoms with Crippen molar-refractivity contribution in [2.45, 2.75) is 30.7 Å². The Morgan fingerprint density at radius 1 is 1.69 bits per heavy atom. The van der Waals surface area contributed by atoms with Crippen molar-refractivity contribution in [3.8, 4) is 0 Å². The van der Waals surface area contributed by atoms with Crippen LogP contribution in [0.25, 0.3) is 0 Å². The molecule has 1 heterocycles. The molecule has 0 aliphatic carbocycles. The molecule has 72 valence electrons. The van der Waals surface area contributed by atoms with E-state index in [1.165, 1.54) is 0 Å². The molecule has 0 aliphatic rings. The molecule has 0 unspecified atom stereocenters. The highest BCUT2D eigenvalue weighted by Crippen LogP contribution is 2.21. The van der Waals surface area contributed by atoms with Crippen molar-refractivity contribution in [2.24, 2.45) is 0 Å². The van der Waals surface area contributed by atoms with Gasteiger partial charge in [-0.1, -0.05) is 18.7 Å².